The molecule has 0 radical (unpaired) electrons. The molecule has 0 fully saturated rings. The fourth-order valence-corrected chi connectivity index (χ4v) is 3.10. The molecule has 1 amide bonds. The van der Waals surface area contributed by atoms with Gasteiger partial charge in [0.05, 0.1) is 10.8 Å². The SMILES string of the molecule is Cc1ccc(N)cc1S(=O)CC(=O)NCc1ccccc1. The Labute approximate surface area is 126 Å². The molecule has 0 aliphatic carbocycles. The van der Waals surface area contributed by atoms with E-state index < -0.39 is 10.8 Å². The molecule has 0 aliphatic rings. The van der Waals surface area contributed by atoms with Gasteiger partial charge in [-0.25, -0.2) is 0 Å². The lowest BCUT2D eigenvalue weighted by Gasteiger charge is -2.08. The van der Waals surface area contributed by atoms with Crippen LogP contribution in [0, 0.1) is 6.92 Å². The molecule has 0 aromatic heterocycles. The molecule has 2 rings (SSSR count). The first kappa shape index (κ1) is 15.3. The van der Waals surface area contributed by atoms with Gasteiger partial charge in [0.1, 0.15) is 5.75 Å². The van der Waals surface area contributed by atoms with Crippen molar-refractivity contribution in [2.75, 3.05) is 11.5 Å². The van der Waals surface area contributed by atoms with Crippen LogP contribution in [0.25, 0.3) is 0 Å². The molecule has 2 aromatic carbocycles. The number of hydrogen-bond donors (Lipinski definition) is 2. The molecule has 0 spiro atoms. The number of nitrogens with one attached hydrogen (secondary N) is 1. The molecule has 2 aromatic rings. The number of nitrogens with two attached hydrogens (primary N) is 1. The van der Waals surface area contributed by atoms with Gasteiger partial charge in [0.25, 0.3) is 0 Å². The minimum Gasteiger partial charge on any atom is -0.399 e. The largest absolute Gasteiger partial charge is 0.399 e. The maximum atomic E-state index is 12.2. The summed E-state index contributed by atoms with van der Waals surface area (Å²) in [4.78, 5) is 12.5. The van der Waals surface area contributed by atoms with Crippen molar-refractivity contribution in [3.05, 3.63) is 59.7 Å². The molecule has 0 bridgehead atoms. The molecule has 3 N–H and O–H groups in total. The van der Waals surface area contributed by atoms with Crippen LogP contribution in [0.5, 0.6) is 0 Å². The lowest BCUT2D eigenvalue weighted by Crippen LogP contribution is -2.28. The van der Waals surface area contributed by atoms with E-state index in [0.29, 0.717) is 17.1 Å². The number of carbonyl (C=O) groups is 1. The Balaban J connectivity index is 1.93. The van der Waals surface area contributed by atoms with Crippen molar-refractivity contribution < 1.29 is 9.00 Å². The third-order valence-corrected chi connectivity index (χ3v) is 4.51. The smallest absolute Gasteiger partial charge is 0.233 e. The van der Waals surface area contributed by atoms with E-state index in [0.717, 1.165) is 11.1 Å². The van der Waals surface area contributed by atoms with Gasteiger partial charge in [0.15, 0.2) is 0 Å². The van der Waals surface area contributed by atoms with Crippen molar-refractivity contribution in [3.63, 3.8) is 0 Å². The van der Waals surface area contributed by atoms with Gasteiger partial charge in [0, 0.05) is 17.1 Å². The number of rotatable bonds is 5. The normalized spacial score (nSPS) is 11.9. The number of aryl methyl sites for hydroxylation is 1. The number of amides is 1. The van der Waals surface area contributed by atoms with E-state index in [1.807, 2.05) is 43.3 Å². The van der Waals surface area contributed by atoms with Gasteiger partial charge < -0.3 is 11.1 Å². The Bertz CT molecular complexity index is 657. The lowest BCUT2D eigenvalue weighted by molar-refractivity contribution is -0.118. The van der Waals surface area contributed by atoms with Gasteiger partial charge in [-0.3, -0.25) is 9.00 Å². The minimum absolute atomic E-state index is 0.0584. The highest BCUT2D eigenvalue weighted by Crippen LogP contribution is 2.16. The second-order valence-corrected chi connectivity index (χ2v) is 6.20. The quantitative estimate of drug-likeness (QED) is 0.830. The van der Waals surface area contributed by atoms with Gasteiger partial charge in [-0.15, -0.1) is 0 Å². The molecular weight excluding hydrogens is 284 g/mol. The van der Waals surface area contributed by atoms with Crippen LogP contribution >= 0.6 is 0 Å². The van der Waals surface area contributed by atoms with E-state index in [2.05, 4.69) is 5.32 Å². The molecule has 110 valence electrons. The summed E-state index contributed by atoms with van der Waals surface area (Å²) in [6.07, 6.45) is 0. The van der Waals surface area contributed by atoms with Gasteiger partial charge in [-0.1, -0.05) is 36.4 Å². The maximum absolute atomic E-state index is 12.2. The van der Waals surface area contributed by atoms with Crippen molar-refractivity contribution >= 4 is 22.4 Å². The summed E-state index contributed by atoms with van der Waals surface area (Å²) in [5, 5.41) is 2.77. The third-order valence-electron chi connectivity index (χ3n) is 3.05. The predicted octanol–water partition coefficient (Wildman–Crippen LogP) is 2.00. The van der Waals surface area contributed by atoms with E-state index in [-0.39, 0.29) is 11.7 Å². The van der Waals surface area contributed by atoms with Crippen molar-refractivity contribution in [2.24, 2.45) is 0 Å². The van der Waals surface area contributed by atoms with E-state index in [1.165, 1.54) is 0 Å². The lowest BCUT2D eigenvalue weighted by atomic mass is 10.2. The van der Waals surface area contributed by atoms with Crippen LogP contribution < -0.4 is 11.1 Å². The average molecular weight is 302 g/mol. The second-order valence-electron chi connectivity index (χ2n) is 4.78. The molecule has 0 saturated heterocycles. The summed E-state index contributed by atoms with van der Waals surface area (Å²) < 4.78 is 12.2. The highest BCUT2D eigenvalue weighted by atomic mass is 32.2. The average Bonchev–Trinajstić information content (AvgIpc) is 2.48. The van der Waals surface area contributed by atoms with Crippen LogP contribution in [0.15, 0.2) is 53.4 Å². The van der Waals surface area contributed by atoms with Crippen LogP contribution in [-0.4, -0.2) is 15.9 Å². The van der Waals surface area contributed by atoms with Crippen molar-refractivity contribution in [3.8, 4) is 0 Å². The molecule has 21 heavy (non-hydrogen) atoms. The summed E-state index contributed by atoms with van der Waals surface area (Å²) >= 11 is 0. The first-order valence-electron chi connectivity index (χ1n) is 6.61. The Hall–Kier alpha value is -2.14. The van der Waals surface area contributed by atoms with Crippen LogP contribution in [0.2, 0.25) is 0 Å². The highest BCUT2D eigenvalue weighted by Gasteiger charge is 2.12. The topological polar surface area (TPSA) is 72.2 Å². The van der Waals surface area contributed by atoms with Crippen LogP contribution in [0.3, 0.4) is 0 Å². The third kappa shape index (κ3) is 4.43. The van der Waals surface area contributed by atoms with Crippen LogP contribution in [-0.2, 0) is 22.1 Å². The fourth-order valence-electron chi connectivity index (χ4n) is 1.91. The zero-order valence-electron chi connectivity index (χ0n) is 11.8. The van der Waals surface area contributed by atoms with E-state index in [9.17, 15) is 9.00 Å². The van der Waals surface area contributed by atoms with Crippen LogP contribution in [0.4, 0.5) is 5.69 Å². The zero-order valence-corrected chi connectivity index (χ0v) is 12.7. The van der Waals surface area contributed by atoms with Crippen LogP contribution in [0.1, 0.15) is 11.1 Å². The summed E-state index contributed by atoms with van der Waals surface area (Å²) in [7, 11) is -1.39. The summed E-state index contributed by atoms with van der Waals surface area (Å²) in [6.45, 7) is 2.29. The monoisotopic (exact) mass is 302 g/mol. The maximum Gasteiger partial charge on any atom is 0.233 e. The predicted molar refractivity (Wildman–Crippen MR) is 85.2 cm³/mol. The molecule has 0 saturated carbocycles. The number of hydrogen-bond acceptors (Lipinski definition) is 3. The molecule has 0 heterocycles. The van der Waals surface area contributed by atoms with Crippen molar-refractivity contribution in [1.29, 1.82) is 0 Å². The van der Waals surface area contributed by atoms with E-state index >= 15 is 0 Å². The first-order chi connectivity index (χ1) is 10.1. The molecule has 5 heteroatoms. The molecule has 1 unspecified atom stereocenters. The molecule has 4 nitrogen and oxygen atoms in total. The molecule has 0 aliphatic heterocycles. The number of anilines is 1. The van der Waals surface area contributed by atoms with Crippen molar-refractivity contribution in [2.45, 2.75) is 18.4 Å². The number of benzene rings is 2. The Morgan fingerprint density at radius 1 is 1.19 bits per heavy atom. The van der Waals surface area contributed by atoms with Crippen molar-refractivity contribution in [1.82, 2.24) is 5.32 Å². The first-order valence-corrected chi connectivity index (χ1v) is 7.93. The summed E-state index contributed by atoms with van der Waals surface area (Å²) in [5.74, 6) is -0.295. The Morgan fingerprint density at radius 2 is 1.90 bits per heavy atom. The van der Waals surface area contributed by atoms with Gasteiger partial charge >= 0.3 is 0 Å². The van der Waals surface area contributed by atoms with Gasteiger partial charge in [-0.2, -0.15) is 0 Å². The minimum atomic E-state index is -1.39. The van der Waals surface area contributed by atoms with Gasteiger partial charge in [0.2, 0.25) is 5.91 Å². The number of carbonyl (C=O) groups excluding carboxylic acids is 1. The fraction of sp³-hybridized carbons (Fsp3) is 0.188. The van der Waals surface area contributed by atoms with E-state index in [1.54, 1.807) is 12.1 Å². The summed E-state index contributed by atoms with van der Waals surface area (Å²) in [6, 6.07) is 14.8. The second kappa shape index (κ2) is 7.04. The summed E-state index contributed by atoms with van der Waals surface area (Å²) in [5.41, 5.74) is 8.13. The molecular formula is C16H18N2O2S. The van der Waals surface area contributed by atoms with Gasteiger partial charge in [-0.05, 0) is 30.2 Å². The Kier molecular flexibility index (Phi) is 5.11. The molecule has 1 atom stereocenters. The Morgan fingerprint density at radius 3 is 2.62 bits per heavy atom. The van der Waals surface area contributed by atoms with E-state index in [4.69, 9.17) is 5.73 Å². The highest BCUT2D eigenvalue weighted by molar-refractivity contribution is 7.85. The zero-order chi connectivity index (χ0) is 15.2. The number of nitrogen functional groups attached to an aromatic ring is 1. The standard InChI is InChI=1S/C16H18N2O2S/c1-12-7-8-14(17)9-15(12)21(20)11-16(19)18-10-13-5-3-2-4-6-13/h2-9H,10-11,17H2,1H3,(H,18,19).